The largest absolute Gasteiger partial charge is 0.355 e. The molecule has 0 aromatic rings. The van der Waals surface area contributed by atoms with Gasteiger partial charge in [0.1, 0.15) is 6.79 Å². The number of ether oxygens (including phenoxy) is 2. The summed E-state index contributed by atoms with van der Waals surface area (Å²) in [5.74, 6) is 0. The zero-order chi connectivity index (χ0) is 12.2. The first kappa shape index (κ1) is 13.9. The summed E-state index contributed by atoms with van der Waals surface area (Å²) in [5, 5.41) is 3.60. The standard InChI is InChI=1S/C13H27NO2/c1-12(2,3)9-13(4,5)14-8-11-6-7-15-10-16-11/h11,14H,6-10H2,1-5H3. The quantitative estimate of drug-likeness (QED) is 0.803. The lowest BCUT2D eigenvalue weighted by atomic mass is 9.82. The van der Waals surface area contributed by atoms with E-state index in [2.05, 4.69) is 39.9 Å². The van der Waals surface area contributed by atoms with E-state index in [1.54, 1.807) is 0 Å². The average molecular weight is 229 g/mol. The smallest absolute Gasteiger partial charge is 0.147 e. The Morgan fingerprint density at radius 2 is 1.88 bits per heavy atom. The van der Waals surface area contributed by atoms with Gasteiger partial charge in [0.2, 0.25) is 0 Å². The molecule has 0 aromatic carbocycles. The number of hydrogen-bond acceptors (Lipinski definition) is 3. The van der Waals surface area contributed by atoms with Gasteiger partial charge < -0.3 is 14.8 Å². The van der Waals surface area contributed by atoms with E-state index < -0.39 is 0 Å². The molecular formula is C13H27NO2. The monoisotopic (exact) mass is 229 g/mol. The van der Waals surface area contributed by atoms with Crippen LogP contribution in [0.5, 0.6) is 0 Å². The lowest BCUT2D eigenvalue weighted by Crippen LogP contribution is -2.47. The molecule has 0 bridgehead atoms. The molecular weight excluding hydrogens is 202 g/mol. The van der Waals surface area contributed by atoms with Crippen molar-refractivity contribution in [1.29, 1.82) is 0 Å². The average Bonchev–Trinajstić information content (AvgIpc) is 2.13. The second-order valence-corrected chi connectivity index (χ2v) is 6.61. The first-order valence-corrected chi connectivity index (χ1v) is 6.23. The maximum Gasteiger partial charge on any atom is 0.147 e. The highest BCUT2D eigenvalue weighted by molar-refractivity contribution is 4.84. The highest BCUT2D eigenvalue weighted by atomic mass is 16.7. The summed E-state index contributed by atoms with van der Waals surface area (Å²) in [7, 11) is 0. The summed E-state index contributed by atoms with van der Waals surface area (Å²) in [4.78, 5) is 0. The van der Waals surface area contributed by atoms with E-state index in [1.165, 1.54) is 0 Å². The molecule has 0 radical (unpaired) electrons. The van der Waals surface area contributed by atoms with E-state index >= 15 is 0 Å². The summed E-state index contributed by atoms with van der Waals surface area (Å²) in [5.41, 5.74) is 0.521. The summed E-state index contributed by atoms with van der Waals surface area (Å²) in [6.07, 6.45) is 2.47. The zero-order valence-corrected chi connectivity index (χ0v) is 11.4. The maximum atomic E-state index is 5.52. The van der Waals surface area contributed by atoms with E-state index in [-0.39, 0.29) is 5.54 Å². The normalized spacial score (nSPS) is 23.4. The van der Waals surface area contributed by atoms with Crippen LogP contribution >= 0.6 is 0 Å². The zero-order valence-electron chi connectivity index (χ0n) is 11.4. The van der Waals surface area contributed by atoms with Crippen LogP contribution in [0.3, 0.4) is 0 Å². The van der Waals surface area contributed by atoms with Gasteiger partial charge in [-0.05, 0) is 32.1 Å². The molecule has 3 nitrogen and oxygen atoms in total. The number of hydrogen-bond donors (Lipinski definition) is 1. The number of nitrogens with one attached hydrogen (secondary N) is 1. The Labute approximate surface area is 99.9 Å². The second kappa shape index (κ2) is 5.48. The van der Waals surface area contributed by atoms with Gasteiger partial charge >= 0.3 is 0 Å². The molecule has 1 rings (SSSR count). The Hall–Kier alpha value is -0.120. The van der Waals surface area contributed by atoms with Crippen LogP contribution in [0.25, 0.3) is 0 Å². The first-order chi connectivity index (χ1) is 7.29. The third kappa shape index (κ3) is 5.83. The maximum absolute atomic E-state index is 5.52. The molecule has 1 unspecified atom stereocenters. The lowest BCUT2D eigenvalue weighted by Gasteiger charge is -2.35. The first-order valence-electron chi connectivity index (χ1n) is 6.23. The van der Waals surface area contributed by atoms with E-state index in [0.717, 1.165) is 26.0 Å². The molecule has 0 aromatic heterocycles. The second-order valence-electron chi connectivity index (χ2n) is 6.61. The van der Waals surface area contributed by atoms with Crippen molar-refractivity contribution in [3.63, 3.8) is 0 Å². The van der Waals surface area contributed by atoms with Crippen molar-refractivity contribution in [1.82, 2.24) is 5.32 Å². The third-order valence-corrected chi connectivity index (χ3v) is 2.75. The Morgan fingerprint density at radius 1 is 1.19 bits per heavy atom. The highest BCUT2D eigenvalue weighted by Crippen LogP contribution is 2.26. The molecule has 0 aliphatic carbocycles. The van der Waals surface area contributed by atoms with E-state index in [0.29, 0.717) is 18.3 Å². The molecule has 16 heavy (non-hydrogen) atoms. The molecule has 1 atom stereocenters. The van der Waals surface area contributed by atoms with Gasteiger partial charge in [-0.15, -0.1) is 0 Å². The third-order valence-electron chi connectivity index (χ3n) is 2.75. The summed E-state index contributed by atoms with van der Waals surface area (Å²) >= 11 is 0. The topological polar surface area (TPSA) is 30.5 Å². The molecule has 1 saturated heterocycles. The van der Waals surface area contributed by atoms with Crippen molar-refractivity contribution >= 4 is 0 Å². The molecule has 3 heteroatoms. The fourth-order valence-electron chi connectivity index (χ4n) is 2.44. The van der Waals surface area contributed by atoms with Gasteiger partial charge in [-0.1, -0.05) is 20.8 Å². The lowest BCUT2D eigenvalue weighted by molar-refractivity contribution is -0.138. The van der Waals surface area contributed by atoms with Crippen LogP contribution in [0.4, 0.5) is 0 Å². The summed E-state index contributed by atoms with van der Waals surface area (Å²) in [6.45, 7) is 13.6. The van der Waals surface area contributed by atoms with Gasteiger partial charge in [0.25, 0.3) is 0 Å². The van der Waals surface area contributed by atoms with Crippen molar-refractivity contribution < 1.29 is 9.47 Å². The van der Waals surface area contributed by atoms with Crippen molar-refractivity contribution in [2.75, 3.05) is 19.9 Å². The SMILES string of the molecule is CC(C)(C)CC(C)(C)NCC1CCOCO1. The van der Waals surface area contributed by atoms with Gasteiger partial charge in [0.15, 0.2) is 0 Å². The minimum atomic E-state index is 0.167. The summed E-state index contributed by atoms with van der Waals surface area (Å²) < 4.78 is 10.7. The fourth-order valence-corrected chi connectivity index (χ4v) is 2.44. The van der Waals surface area contributed by atoms with E-state index in [4.69, 9.17) is 9.47 Å². The fraction of sp³-hybridized carbons (Fsp3) is 1.00. The van der Waals surface area contributed by atoms with Gasteiger partial charge in [-0.25, -0.2) is 0 Å². The van der Waals surface area contributed by atoms with Crippen molar-refractivity contribution in [3.8, 4) is 0 Å². The van der Waals surface area contributed by atoms with Gasteiger partial charge in [-0.3, -0.25) is 0 Å². The van der Waals surface area contributed by atoms with Crippen LogP contribution < -0.4 is 5.32 Å². The molecule has 1 aliphatic heterocycles. The molecule has 1 N–H and O–H groups in total. The Balaban J connectivity index is 2.29. The van der Waals surface area contributed by atoms with Crippen molar-refractivity contribution in [2.24, 2.45) is 5.41 Å². The summed E-state index contributed by atoms with van der Waals surface area (Å²) in [6, 6.07) is 0. The van der Waals surface area contributed by atoms with E-state index in [9.17, 15) is 0 Å². The number of rotatable bonds is 4. The predicted molar refractivity (Wildman–Crippen MR) is 66.5 cm³/mol. The van der Waals surface area contributed by atoms with Crippen molar-refractivity contribution in [2.45, 2.75) is 59.1 Å². The minimum Gasteiger partial charge on any atom is -0.355 e. The van der Waals surface area contributed by atoms with E-state index in [1.807, 2.05) is 0 Å². The molecule has 0 spiro atoms. The molecule has 96 valence electrons. The van der Waals surface area contributed by atoms with Gasteiger partial charge in [0.05, 0.1) is 12.7 Å². The Morgan fingerprint density at radius 3 is 2.38 bits per heavy atom. The molecule has 1 fully saturated rings. The Kier molecular flexibility index (Phi) is 4.77. The van der Waals surface area contributed by atoms with Crippen LogP contribution in [0.15, 0.2) is 0 Å². The van der Waals surface area contributed by atoms with Crippen LogP contribution in [-0.4, -0.2) is 31.6 Å². The minimum absolute atomic E-state index is 0.167. The Bertz CT molecular complexity index is 202. The van der Waals surface area contributed by atoms with Crippen LogP contribution in [-0.2, 0) is 9.47 Å². The molecule has 1 aliphatic rings. The molecule has 1 heterocycles. The van der Waals surface area contributed by atoms with Crippen molar-refractivity contribution in [3.05, 3.63) is 0 Å². The van der Waals surface area contributed by atoms with Crippen LogP contribution in [0, 0.1) is 5.41 Å². The van der Waals surface area contributed by atoms with Gasteiger partial charge in [0, 0.05) is 12.1 Å². The highest BCUT2D eigenvalue weighted by Gasteiger charge is 2.26. The van der Waals surface area contributed by atoms with Crippen LogP contribution in [0.1, 0.15) is 47.5 Å². The predicted octanol–water partition coefficient (Wildman–Crippen LogP) is 2.55. The molecule has 0 amide bonds. The van der Waals surface area contributed by atoms with Crippen LogP contribution in [0.2, 0.25) is 0 Å². The van der Waals surface area contributed by atoms with Gasteiger partial charge in [-0.2, -0.15) is 0 Å². The molecule has 0 saturated carbocycles.